The minimum absolute atomic E-state index is 0.00107. The summed E-state index contributed by atoms with van der Waals surface area (Å²) in [6, 6.07) is -5.03. The van der Waals surface area contributed by atoms with Gasteiger partial charge in [-0.15, -0.1) is 0 Å². The fourth-order valence-electron chi connectivity index (χ4n) is 6.71. The number of H-pyrrole nitrogens is 1. The molecule has 1 aromatic heterocycles. The maximum atomic E-state index is 13.8. The van der Waals surface area contributed by atoms with Gasteiger partial charge in [0.15, 0.2) is 0 Å². The van der Waals surface area contributed by atoms with Crippen LogP contribution >= 0.6 is 0 Å². The van der Waals surface area contributed by atoms with Crippen LogP contribution in [0.25, 0.3) is 0 Å². The first-order valence-corrected chi connectivity index (χ1v) is 16.8. The van der Waals surface area contributed by atoms with E-state index in [4.69, 9.17) is 0 Å². The Morgan fingerprint density at radius 2 is 1.53 bits per heavy atom. The van der Waals surface area contributed by atoms with Gasteiger partial charge in [-0.1, -0.05) is 27.7 Å². The lowest BCUT2D eigenvalue weighted by Gasteiger charge is -2.33. The summed E-state index contributed by atoms with van der Waals surface area (Å²) in [5, 5.41) is 21.0. The van der Waals surface area contributed by atoms with Gasteiger partial charge in [0, 0.05) is 31.4 Å². The van der Waals surface area contributed by atoms with E-state index in [-0.39, 0.29) is 42.5 Å². The van der Waals surface area contributed by atoms with Crippen LogP contribution in [-0.4, -0.2) is 116 Å². The van der Waals surface area contributed by atoms with Crippen LogP contribution in [0.2, 0.25) is 0 Å². The zero-order valence-electron chi connectivity index (χ0n) is 27.8. The van der Waals surface area contributed by atoms with Crippen molar-refractivity contribution in [2.75, 3.05) is 19.6 Å². The molecule has 0 aliphatic carbocycles. The number of carbonyl (C=O) groups is 6. The molecule has 15 nitrogen and oxygen atoms in total. The summed E-state index contributed by atoms with van der Waals surface area (Å²) in [5.74, 6) is -3.64. The minimum atomic E-state index is -1.18. The molecular formula is C32H50N8O7. The number of carboxylic acids is 1. The third-order valence-corrected chi connectivity index (χ3v) is 9.20. The largest absolute Gasteiger partial charge is 0.480 e. The molecular weight excluding hydrogens is 608 g/mol. The van der Waals surface area contributed by atoms with Gasteiger partial charge in [0.05, 0.1) is 12.4 Å². The first-order valence-electron chi connectivity index (χ1n) is 16.8. The van der Waals surface area contributed by atoms with Gasteiger partial charge in [-0.25, -0.2) is 9.78 Å². The second-order valence-corrected chi connectivity index (χ2v) is 13.6. The van der Waals surface area contributed by atoms with Gasteiger partial charge in [-0.3, -0.25) is 24.0 Å². The highest BCUT2D eigenvalue weighted by Gasteiger charge is 2.44. The highest BCUT2D eigenvalue weighted by Crippen LogP contribution is 2.26. The van der Waals surface area contributed by atoms with Crippen molar-refractivity contribution in [3.63, 3.8) is 0 Å². The molecule has 6 N–H and O–H groups in total. The lowest BCUT2D eigenvalue weighted by atomic mass is 10.0. The molecule has 0 spiro atoms. The standard InChI is InChI=1S/C32H50N8O7/c1-18(2)14-23(32(46)47)37-27(41)22(15-20-16-33-17-35-20)36-29(43)26(19(3)4)38-28(42)24-9-6-12-39(24)31(45)25-10-7-13-40(25)30(44)21-8-5-11-34-21/h16-19,21-26,34H,5-15H2,1-4H3,(H,33,35)(H,36,43)(H,37,41)(H,38,42)(H,46,47)/t21-,22-,23-,24-,25-,26-/m0/s1. The summed E-state index contributed by atoms with van der Waals surface area (Å²) in [6.45, 7) is 8.87. The van der Waals surface area contributed by atoms with E-state index in [1.165, 1.54) is 17.4 Å². The molecule has 15 heteroatoms. The predicted octanol–water partition coefficient (Wildman–Crippen LogP) is -0.0727. The molecule has 5 amide bonds. The number of aromatic nitrogens is 2. The van der Waals surface area contributed by atoms with Gasteiger partial charge < -0.3 is 41.2 Å². The van der Waals surface area contributed by atoms with E-state index >= 15 is 0 Å². The normalized spacial score (nSPS) is 23.1. The number of hydrogen-bond donors (Lipinski definition) is 6. The van der Waals surface area contributed by atoms with E-state index < -0.39 is 53.9 Å². The summed E-state index contributed by atoms with van der Waals surface area (Å²) in [6.07, 6.45) is 7.11. The van der Waals surface area contributed by atoms with Crippen LogP contribution < -0.4 is 21.3 Å². The highest BCUT2D eigenvalue weighted by molar-refractivity contribution is 5.97. The average Bonchev–Trinajstić information content (AvgIpc) is 3.85. The molecule has 0 unspecified atom stereocenters. The van der Waals surface area contributed by atoms with Crippen molar-refractivity contribution < 1.29 is 33.9 Å². The Bertz CT molecular complexity index is 1280. The highest BCUT2D eigenvalue weighted by atomic mass is 16.4. The Morgan fingerprint density at radius 3 is 2.11 bits per heavy atom. The lowest BCUT2D eigenvalue weighted by molar-refractivity contribution is -0.147. The van der Waals surface area contributed by atoms with Gasteiger partial charge in [0.1, 0.15) is 30.2 Å². The molecule has 3 saturated heterocycles. The second kappa shape index (κ2) is 16.2. The Balaban J connectivity index is 1.44. The van der Waals surface area contributed by atoms with Crippen molar-refractivity contribution in [1.29, 1.82) is 0 Å². The van der Waals surface area contributed by atoms with Gasteiger partial charge in [0.25, 0.3) is 0 Å². The van der Waals surface area contributed by atoms with Crippen LogP contribution in [0.15, 0.2) is 12.5 Å². The van der Waals surface area contributed by atoms with Gasteiger partial charge in [-0.2, -0.15) is 0 Å². The third kappa shape index (κ3) is 9.08. The quantitative estimate of drug-likeness (QED) is 0.158. The molecule has 4 heterocycles. The molecule has 0 bridgehead atoms. The van der Waals surface area contributed by atoms with E-state index in [1.54, 1.807) is 18.7 Å². The number of carboxylic acid groups (broad SMARTS) is 1. The molecule has 4 rings (SSSR count). The van der Waals surface area contributed by atoms with Crippen LogP contribution in [0, 0.1) is 11.8 Å². The van der Waals surface area contributed by atoms with E-state index in [2.05, 4.69) is 31.2 Å². The van der Waals surface area contributed by atoms with E-state index in [1.807, 2.05) is 13.8 Å². The monoisotopic (exact) mass is 658 g/mol. The maximum Gasteiger partial charge on any atom is 0.326 e. The van der Waals surface area contributed by atoms with Crippen molar-refractivity contribution in [1.82, 2.24) is 41.0 Å². The van der Waals surface area contributed by atoms with Gasteiger partial charge >= 0.3 is 5.97 Å². The molecule has 0 saturated carbocycles. The SMILES string of the molecule is CC(C)C[C@H](NC(=O)[C@H](Cc1cnc[nH]1)NC(=O)[C@@H](NC(=O)[C@@H]1CCCN1C(=O)[C@@H]1CCCN1C(=O)[C@@H]1CCCN1)C(C)C)C(=O)O. The van der Waals surface area contributed by atoms with Crippen molar-refractivity contribution >= 4 is 35.5 Å². The molecule has 260 valence electrons. The van der Waals surface area contributed by atoms with Crippen molar-refractivity contribution in [3.8, 4) is 0 Å². The maximum absolute atomic E-state index is 13.8. The molecule has 1 aromatic rings. The predicted molar refractivity (Wildman–Crippen MR) is 171 cm³/mol. The Kier molecular flexibility index (Phi) is 12.4. The average molecular weight is 659 g/mol. The van der Waals surface area contributed by atoms with Crippen LogP contribution in [-0.2, 0) is 35.2 Å². The van der Waals surface area contributed by atoms with Gasteiger partial charge in [-0.05, 0) is 63.3 Å². The number of hydrogen-bond acceptors (Lipinski definition) is 8. The number of rotatable bonds is 14. The number of imidazole rings is 1. The molecule has 3 aliphatic heterocycles. The number of amides is 5. The molecule has 3 aliphatic rings. The van der Waals surface area contributed by atoms with Crippen molar-refractivity contribution in [2.24, 2.45) is 11.8 Å². The molecule has 3 fully saturated rings. The minimum Gasteiger partial charge on any atom is -0.480 e. The summed E-state index contributed by atoms with van der Waals surface area (Å²) in [4.78, 5) is 89.5. The second-order valence-electron chi connectivity index (χ2n) is 13.6. The number of nitrogens with zero attached hydrogens (tertiary/aromatic N) is 3. The summed E-state index contributed by atoms with van der Waals surface area (Å²) < 4.78 is 0. The summed E-state index contributed by atoms with van der Waals surface area (Å²) in [7, 11) is 0. The molecule has 0 radical (unpaired) electrons. The van der Waals surface area contributed by atoms with Crippen molar-refractivity contribution in [3.05, 3.63) is 18.2 Å². The van der Waals surface area contributed by atoms with Crippen LogP contribution in [0.5, 0.6) is 0 Å². The van der Waals surface area contributed by atoms with Crippen molar-refractivity contribution in [2.45, 2.75) is 115 Å². The smallest absolute Gasteiger partial charge is 0.326 e. The number of nitrogens with one attached hydrogen (secondary N) is 5. The fourth-order valence-corrected chi connectivity index (χ4v) is 6.71. The fraction of sp³-hybridized carbons (Fsp3) is 0.719. The van der Waals surface area contributed by atoms with Crippen LogP contribution in [0.4, 0.5) is 0 Å². The Hall–Kier alpha value is -4.01. The van der Waals surface area contributed by atoms with Crippen LogP contribution in [0.3, 0.4) is 0 Å². The first-order chi connectivity index (χ1) is 22.4. The number of aliphatic carboxylic acids is 1. The number of aromatic amines is 1. The third-order valence-electron chi connectivity index (χ3n) is 9.20. The zero-order chi connectivity index (χ0) is 34.2. The Labute approximate surface area is 275 Å². The molecule has 47 heavy (non-hydrogen) atoms. The molecule has 6 atom stereocenters. The van der Waals surface area contributed by atoms with E-state index in [0.717, 1.165) is 19.4 Å². The topological polar surface area (TPSA) is 206 Å². The van der Waals surface area contributed by atoms with E-state index in [0.29, 0.717) is 44.5 Å². The van der Waals surface area contributed by atoms with Crippen LogP contribution in [0.1, 0.15) is 78.3 Å². The summed E-state index contributed by atoms with van der Waals surface area (Å²) in [5.41, 5.74) is 0.551. The molecule has 0 aromatic carbocycles. The number of likely N-dealkylation sites (tertiary alicyclic amines) is 2. The first kappa shape index (κ1) is 35.8. The number of carbonyl (C=O) groups excluding carboxylic acids is 5. The zero-order valence-corrected chi connectivity index (χ0v) is 27.8. The summed E-state index contributed by atoms with van der Waals surface area (Å²) >= 11 is 0. The lowest BCUT2D eigenvalue weighted by Crippen LogP contribution is -2.60. The van der Waals surface area contributed by atoms with E-state index in [9.17, 15) is 33.9 Å². The Morgan fingerprint density at radius 1 is 0.872 bits per heavy atom. The van der Waals surface area contributed by atoms with Gasteiger partial charge in [0.2, 0.25) is 29.5 Å².